The first-order valence-electron chi connectivity index (χ1n) is 9.09. The number of ether oxygens (including phenoxy) is 1. The van der Waals surface area contributed by atoms with E-state index >= 15 is 0 Å². The van der Waals surface area contributed by atoms with Crippen LogP contribution in [0.15, 0.2) is 0 Å². The van der Waals surface area contributed by atoms with Crippen LogP contribution in [0.2, 0.25) is 0 Å². The lowest BCUT2D eigenvalue weighted by Gasteiger charge is -2.30. The van der Waals surface area contributed by atoms with Gasteiger partial charge in [-0.3, -0.25) is 0 Å². The van der Waals surface area contributed by atoms with Crippen LogP contribution in [0.5, 0.6) is 0 Å². The number of aliphatic hydroxyl groups excluding tert-OH is 1. The zero-order valence-electron chi connectivity index (χ0n) is 15.2. The van der Waals surface area contributed by atoms with Crippen molar-refractivity contribution < 1.29 is 14.6 Å². The molecule has 2 atom stereocenters. The second-order valence-electron chi connectivity index (χ2n) is 8.46. The summed E-state index contributed by atoms with van der Waals surface area (Å²) >= 11 is 0. The highest BCUT2D eigenvalue weighted by Gasteiger charge is 2.41. The molecule has 5 heteroatoms. The summed E-state index contributed by atoms with van der Waals surface area (Å²) in [6.07, 6.45) is 6.26. The molecule has 0 radical (unpaired) electrons. The van der Waals surface area contributed by atoms with Gasteiger partial charge >= 0.3 is 6.09 Å². The average Bonchev–Trinajstić information content (AvgIpc) is 3.04. The van der Waals surface area contributed by atoms with Crippen LogP contribution >= 0.6 is 0 Å². The van der Waals surface area contributed by atoms with Crippen molar-refractivity contribution in [2.24, 2.45) is 5.41 Å². The monoisotopic (exact) mass is 326 g/mol. The SMILES string of the molecule is CC(CC1CCCN1C(=O)OC(C)(C)C)NCC1(CCO)CC1. The van der Waals surface area contributed by atoms with Crippen LogP contribution in [0.3, 0.4) is 0 Å². The molecule has 1 heterocycles. The normalized spacial score (nSPS) is 24.6. The molecule has 0 aromatic heterocycles. The predicted molar refractivity (Wildman–Crippen MR) is 91.4 cm³/mol. The van der Waals surface area contributed by atoms with Gasteiger partial charge in [0.15, 0.2) is 0 Å². The molecule has 0 bridgehead atoms. The molecule has 2 fully saturated rings. The lowest BCUT2D eigenvalue weighted by atomic mass is 10.0. The van der Waals surface area contributed by atoms with Gasteiger partial charge in [0.25, 0.3) is 0 Å². The van der Waals surface area contributed by atoms with Crippen molar-refractivity contribution in [1.29, 1.82) is 0 Å². The predicted octanol–water partition coefficient (Wildman–Crippen LogP) is 2.92. The third-order valence-electron chi connectivity index (χ3n) is 5.06. The Bertz CT molecular complexity index is 402. The van der Waals surface area contributed by atoms with E-state index < -0.39 is 5.60 Å². The minimum Gasteiger partial charge on any atom is -0.444 e. The lowest BCUT2D eigenvalue weighted by Crippen LogP contribution is -2.43. The quantitative estimate of drug-likeness (QED) is 0.755. The second kappa shape index (κ2) is 7.39. The third-order valence-corrected chi connectivity index (χ3v) is 5.06. The van der Waals surface area contributed by atoms with Gasteiger partial charge < -0.3 is 20.1 Å². The highest BCUT2D eigenvalue weighted by atomic mass is 16.6. The van der Waals surface area contributed by atoms with E-state index in [1.165, 1.54) is 12.8 Å². The first-order chi connectivity index (χ1) is 10.7. The van der Waals surface area contributed by atoms with Crippen LogP contribution in [-0.4, -0.2) is 53.5 Å². The molecule has 134 valence electrons. The second-order valence-corrected chi connectivity index (χ2v) is 8.46. The topological polar surface area (TPSA) is 61.8 Å². The van der Waals surface area contributed by atoms with Gasteiger partial charge in [0.2, 0.25) is 0 Å². The summed E-state index contributed by atoms with van der Waals surface area (Å²) in [5.74, 6) is 0. The van der Waals surface area contributed by atoms with Crippen molar-refractivity contribution in [2.45, 2.75) is 83.9 Å². The molecule has 1 aliphatic carbocycles. The lowest BCUT2D eigenvalue weighted by molar-refractivity contribution is 0.0214. The minimum absolute atomic E-state index is 0.175. The number of hydrogen-bond acceptors (Lipinski definition) is 4. The number of aliphatic hydroxyl groups is 1. The molecule has 23 heavy (non-hydrogen) atoms. The van der Waals surface area contributed by atoms with Crippen LogP contribution in [-0.2, 0) is 4.74 Å². The highest BCUT2D eigenvalue weighted by molar-refractivity contribution is 5.68. The number of likely N-dealkylation sites (tertiary alicyclic amines) is 1. The van der Waals surface area contributed by atoms with E-state index in [2.05, 4.69) is 12.2 Å². The van der Waals surface area contributed by atoms with Gasteiger partial charge in [-0.2, -0.15) is 0 Å². The maximum Gasteiger partial charge on any atom is 0.410 e. The summed E-state index contributed by atoms with van der Waals surface area (Å²) in [4.78, 5) is 14.2. The molecule has 1 amide bonds. The summed E-state index contributed by atoms with van der Waals surface area (Å²) in [5.41, 5.74) is -0.0969. The Labute approximate surface area is 140 Å². The van der Waals surface area contributed by atoms with Gasteiger partial charge in [-0.15, -0.1) is 0 Å². The van der Waals surface area contributed by atoms with Crippen LogP contribution in [0, 0.1) is 5.41 Å². The summed E-state index contributed by atoms with van der Waals surface area (Å²) in [5, 5.41) is 12.8. The van der Waals surface area contributed by atoms with Crippen molar-refractivity contribution in [1.82, 2.24) is 10.2 Å². The maximum atomic E-state index is 12.3. The summed E-state index contributed by atoms with van der Waals surface area (Å²) in [6, 6.07) is 0.652. The van der Waals surface area contributed by atoms with Gasteiger partial charge in [0.1, 0.15) is 5.60 Å². The molecule has 2 aliphatic rings. The number of carbonyl (C=O) groups excluding carboxylic acids is 1. The van der Waals surface area contributed by atoms with E-state index in [1.807, 2.05) is 25.7 Å². The first-order valence-corrected chi connectivity index (χ1v) is 9.09. The fourth-order valence-electron chi connectivity index (χ4n) is 3.45. The maximum absolute atomic E-state index is 12.3. The molecule has 1 aliphatic heterocycles. The van der Waals surface area contributed by atoms with Crippen LogP contribution in [0.4, 0.5) is 4.79 Å². The third kappa shape index (κ3) is 5.64. The number of rotatable bonds is 7. The Kier molecular flexibility index (Phi) is 5.95. The number of carbonyl (C=O) groups is 1. The largest absolute Gasteiger partial charge is 0.444 e. The van der Waals surface area contributed by atoms with E-state index in [1.54, 1.807) is 0 Å². The summed E-state index contributed by atoms with van der Waals surface area (Å²) < 4.78 is 5.53. The smallest absolute Gasteiger partial charge is 0.410 e. The molecule has 2 N–H and O–H groups in total. The Hall–Kier alpha value is -0.810. The van der Waals surface area contributed by atoms with Gasteiger partial charge in [0.05, 0.1) is 0 Å². The molecule has 0 aromatic carbocycles. The number of amides is 1. The zero-order chi connectivity index (χ0) is 17.1. The Balaban J connectivity index is 1.78. The molecule has 5 nitrogen and oxygen atoms in total. The highest BCUT2D eigenvalue weighted by Crippen LogP contribution is 2.48. The minimum atomic E-state index is -0.434. The van der Waals surface area contributed by atoms with Crippen molar-refractivity contribution in [3.8, 4) is 0 Å². The molecule has 2 rings (SSSR count). The number of nitrogens with one attached hydrogen (secondary N) is 1. The van der Waals surface area contributed by atoms with Gasteiger partial charge in [-0.05, 0) is 71.6 Å². The van der Waals surface area contributed by atoms with E-state index in [0.29, 0.717) is 11.5 Å². The van der Waals surface area contributed by atoms with Crippen molar-refractivity contribution >= 4 is 6.09 Å². The molecule has 1 saturated heterocycles. The van der Waals surface area contributed by atoms with Crippen LogP contribution in [0.1, 0.15) is 66.2 Å². The molecule has 1 saturated carbocycles. The zero-order valence-corrected chi connectivity index (χ0v) is 15.2. The van der Waals surface area contributed by atoms with E-state index in [0.717, 1.165) is 38.8 Å². The van der Waals surface area contributed by atoms with Crippen molar-refractivity contribution in [3.63, 3.8) is 0 Å². The summed E-state index contributed by atoms with van der Waals surface area (Å²) in [6.45, 7) is 10.0. The van der Waals surface area contributed by atoms with Crippen molar-refractivity contribution in [2.75, 3.05) is 19.7 Å². The van der Waals surface area contributed by atoms with Crippen LogP contribution < -0.4 is 5.32 Å². The Morgan fingerprint density at radius 3 is 2.70 bits per heavy atom. The number of hydrogen-bond donors (Lipinski definition) is 2. The Morgan fingerprint density at radius 2 is 2.13 bits per heavy atom. The summed E-state index contributed by atoms with van der Waals surface area (Å²) in [7, 11) is 0. The standard InChI is InChI=1S/C18H34N2O3/c1-14(19-13-18(7-8-18)9-11-21)12-15-6-5-10-20(15)16(22)23-17(2,3)4/h14-15,19,21H,5-13H2,1-4H3. The van der Waals surface area contributed by atoms with Gasteiger partial charge in [-0.25, -0.2) is 4.79 Å². The molecular formula is C18H34N2O3. The fraction of sp³-hybridized carbons (Fsp3) is 0.944. The molecule has 0 aromatic rings. The van der Waals surface area contributed by atoms with E-state index in [-0.39, 0.29) is 18.7 Å². The van der Waals surface area contributed by atoms with Crippen LogP contribution in [0.25, 0.3) is 0 Å². The molecular weight excluding hydrogens is 292 g/mol. The van der Waals surface area contributed by atoms with Gasteiger partial charge in [0, 0.05) is 31.8 Å². The van der Waals surface area contributed by atoms with Gasteiger partial charge in [-0.1, -0.05) is 0 Å². The van der Waals surface area contributed by atoms with E-state index in [9.17, 15) is 4.79 Å². The first kappa shape index (κ1) is 18.5. The Morgan fingerprint density at radius 1 is 1.43 bits per heavy atom. The van der Waals surface area contributed by atoms with Crippen molar-refractivity contribution in [3.05, 3.63) is 0 Å². The molecule has 2 unspecified atom stereocenters. The van der Waals surface area contributed by atoms with E-state index in [4.69, 9.17) is 9.84 Å². The molecule has 0 spiro atoms. The fourth-order valence-corrected chi connectivity index (χ4v) is 3.45. The average molecular weight is 326 g/mol. The number of nitrogens with zero attached hydrogens (tertiary/aromatic N) is 1.